The van der Waals surface area contributed by atoms with Gasteiger partial charge in [-0.05, 0) is 12.1 Å². The Morgan fingerprint density at radius 1 is 1.05 bits per heavy atom. The van der Waals surface area contributed by atoms with E-state index >= 15 is 0 Å². The lowest BCUT2D eigenvalue weighted by atomic mass is 10.1. The number of rotatable bonds is 0. The van der Waals surface area contributed by atoms with Gasteiger partial charge in [0.1, 0.15) is 17.2 Å². The number of nitrogens with zero attached hydrogens (tertiary/aromatic N) is 1. The van der Waals surface area contributed by atoms with E-state index in [1.54, 1.807) is 0 Å². The van der Waals surface area contributed by atoms with Gasteiger partial charge in [0.05, 0.1) is 5.56 Å². The van der Waals surface area contributed by atoms with Crippen molar-refractivity contribution in [1.82, 2.24) is 0 Å². The zero-order chi connectivity index (χ0) is 15.8. The molecule has 1 nitrogen and oxygen atoms in total. The molecule has 0 N–H and O–H groups in total. The molecule has 0 radical (unpaired) electrons. The van der Waals surface area contributed by atoms with Crippen LogP contribution in [-0.2, 0) is 12.7 Å². The monoisotopic (exact) mass is 302 g/mol. The smallest absolute Gasteiger partial charge is 0.207 e. The molecule has 0 aliphatic carbocycles. The fourth-order valence-electron chi connectivity index (χ4n) is 2.29. The summed E-state index contributed by atoms with van der Waals surface area (Å²) in [5, 5.41) is 0. The highest BCUT2D eigenvalue weighted by molar-refractivity contribution is 5.64. The van der Waals surface area contributed by atoms with Crippen molar-refractivity contribution in [2.24, 2.45) is 0 Å². The third kappa shape index (κ3) is 2.75. The van der Waals surface area contributed by atoms with Crippen molar-refractivity contribution < 1.29 is 26.5 Å². The van der Waals surface area contributed by atoms with Crippen molar-refractivity contribution in [3.63, 3.8) is 0 Å². The van der Waals surface area contributed by atoms with E-state index in [4.69, 9.17) is 0 Å². The molecule has 2 heterocycles. The fourth-order valence-corrected chi connectivity index (χ4v) is 2.29. The Labute approximate surface area is 118 Å². The van der Waals surface area contributed by atoms with Gasteiger partial charge in [0.25, 0.3) is 0 Å². The van der Waals surface area contributed by atoms with Crippen LogP contribution in [0.3, 0.4) is 0 Å². The minimum atomic E-state index is -4.46. The predicted octanol–water partition coefficient (Wildman–Crippen LogP) is 4.33. The molecule has 0 bridgehead atoms. The summed E-state index contributed by atoms with van der Waals surface area (Å²) in [5.41, 5.74) is 0.0115. The summed E-state index contributed by atoms with van der Waals surface area (Å²) in [7, 11) is 0. The van der Waals surface area contributed by atoms with Crippen molar-refractivity contribution >= 4 is 0 Å². The number of pyridine rings is 1. The Morgan fingerprint density at radius 3 is 2.33 bits per heavy atom. The first-order chi connectivity index (χ1) is 9.86. The molecule has 0 amide bonds. The Balaban J connectivity index is 0.000000774. The number of aromatic nitrogens is 1. The number of hydrogen-bond donors (Lipinski definition) is 0. The van der Waals surface area contributed by atoms with Gasteiger partial charge >= 0.3 is 6.18 Å². The minimum Gasteiger partial charge on any atom is -0.207 e. The average Bonchev–Trinajstić information content (AvgIpc) is 2.76. The van der Waals surface area contributed by atoms with Gasteiger partial charge in [-0.2, -0.15) is 17.7 Å². The average molecular weight is 302 g/mol. The highest BCUT2D eigenvalue weighted by Crippen LogP contribution is 2.33. The molecule has 1 aliphatic heterocycles. The van der Waals surface area contributed by atoms with Gasteiger partial charge in [-0.15, -0.1) is 0 Å². The Kier molecular flexibility index (Phi) is 3.98. The van der Waals surface area contributed by atoms with Crippen molar-refractivity contribution in [3.8, 4) is 11.3 Å². The van der Waals surface area contributed by atoms with Crippen molar-refractivity contribution in [3.05, 3.63) is 53.2 Å². The second-order valence-corrected chi connectivity index (χ2v) is 4.35. The van der Waals surface area contributed by atoms with Gasteiger partial charge in [-0.25, -0.2) is 8.78 Å². The first kappa shape index (κ1) is 15.4. The second-order valence-electron chi connectivity index (χ2n) is 4.35. The number of benzene rings is 1. The summed E-state index contributed by atoms with van der Waals surface area (Å²) in [4.78, 5) is 0. The van der Waals surface area contributed by atoms with Gasteiger partial charge in [0.2, 0.25) is 5.69 Å². The quantitative estimate of drug-likeness (QED) is 0.430. The molecule has 1 aromatic carbocycles. The fraction of sp³-hybridized carbons (Fsp3) is 0.267. The van der Waals surface area contributed by atoms with E-state index in [0.717, 1.165) is 24.4 Å². The first-order valence-electron chi connectivity index (χ1n) is 6.45. The Hall–Kier alpha value is -1.98. The van der Waals surface area contributed by atoms with E-state index in [0.29, 0.717) is 11.3 Å². The van der Waals surface area contributed by atoms with Crippen LogP contribution >= 0.6 is 0 Å². The Morgan fingerprint density at radius 2 is 1.71 bits per heavy atom. The van der Waals surface area contributed by atoms with Gasteiger partial charge < -0.3 is 0 Å². The largest absolute Gasteiger partial charge is 0.422 e. The molecule has 2 aromatic rings. The molecule has 1 aliphatic rings. The van der Waals surface area contributed by atoms with Crippen LogP contribution in [0.4, 0.5) is 22.0 Å². The summed E-state index contributed by atoms with van der Waals surface area (Å²) in [6, 6.07) is 3.96. The maximum Gasteiger partial charge on any atom is 0.422 e. The molecule has 3 rings (SSSR count). The topological polar surface area (TPSA) is 3.88 Å². The SMILES string of the molecule is CC.Fc1cc(F)c2c(c1)C[n+]1cc(C(F)(F)F)ccc1-2. The van der Waals surface area contributed by atoms with Crippen LogP contribution in [0.15, 0.2) is 30.5 Å². The lowest BCUT2D eigenvalue weighted by Crippen LogP contribution is -2.33. The van der Waals surface area contributed by atoms with Crippen molar-refractivity contribution in [2.45, 2.75) is 26.6 Å². The lowest BCUT2D eigenvalue weighted by molar-refractivity contribution is -0.673. The van der Waals surface area contributed by atoms with Crippen LogP contribution < -0.4 is 4.57 Å². The van der Waals surface area contributed by atoms with Crippen LogP contribution in [0, 0.1) is 11.6 Å². The standard InChI is InChI=1S/C13H7F5N.C2H6/c14-9-3-7-5-19-6-8(13(16,17)18)1-2-11(19)12(7)10(15)4-9;1-2/h1-4,6H,5H2;1-2H3/q+1;. The van der Waals surface area contributed by atoms with Gasteiger partial charge in [-0.3, -0.25) is 0 Å². The van der Waals surface area contributed by atoms with Crippen LogP contribution in [0.5, 0.6) is 0 Å². The summed E-state index contributed by atoms with van der Waals surface area (Å²) in [6.45, 7) is 4.03. The lowest BCUT2D eigenvalue weighted by Gasteiger charge is -2.04. The molecular weight excluding hydrogens is 289 g/mol. The Bertz CT molecular complexity index is 676. The number of halogens is 5. The van der Waals surface area contributed by atoms with E-state index in [1.165, 1.54) is 10.6 Å². The van der Waals surface area contributed by atoms with E-state index in [1.807, 2.05) is 13.8 Å². The number of fused-ring (bicyclic) bond motifs is 3. The maximum absolute atomic E-state index is 13.7. The van der Waals surface area contributed by atoms with Crippen LogP contribution in [-0.4, -0.2) is 0 Å². The molecule has 0 unspecified atom stereocenters. The molecule has 0 spiro atoms. The third-order valence-corrected chi connectivity index (χ3v) is 3.09. The molecule has 0 atom stereocenters. The van der Waals surface area contributed by atoms with Crippen LogP contribution in [0.1, 0.15) is 25.0 Å². The predicted molar refractivity (Wildman–Crippen MR) is 67.4 cm³/mol. The number of alkyl halides is 3. The zero-order valence-corrected chi connectivity index (χ0v) is 11.4. The van der Waals surface area contributed by atoms with E-state index in [-0.39, 0.29) is 12.1 Å². The minimum absolute atomic E-state index is 0.0310. The highest BCUT2D eigenvalue weighted by Gasteiger charge is 2.37. The molecule has 0 saturated heterocycles. The number of hydrogen-bond acceptors (Lipinski definition) is 0. The molecule has 21 heavy (non-hydrogen) atoms. The summed E-state index contributed by atoms with van der Waals surface area (Å²) < 4.78 is 65.8. The third-order valence-electron chi connectivity index (χ3n) is 3.09. The van der Waals surface area contributed by atoms with Crippen LogP contribution in [0.25, 0.3) is 11.3 Å². The normalized spacial score (nSPS) is 12.3. The van der Waals surface area contributed by atoms with Crippen molar-refractivity contribution in [1.29, 1.82) is 0 Å². The molecule has 6 heteroatoms. The van der Waals surface area contributed by atoms with Gasteiger partial charge in [0, 0.05) is 17.7 Å². The molecule has 112 valence electrons. The maximum atomic E-state index is 13.7. The summed E-state index contributed by atoms with van der Waals surface area (Å²) in [6.07, 6.45) is -3.55. The molecule has 1 aromatic heterocycles. The van der Waals surface area contributed by atoms with E-state index in [9.17, 15) is 22.0 Å². The van der Waals surface area contributed by atoms with Crippen LogP contribution in [0.2, 0.25) is 0 Å². The van der Waals surface area contributed by atoms with E-state index < -0.39 is 23.4 Å². The van der Waals surface area contributed by atoms with Crippen molar-refractivity contribution in [2.75, 3.05) is 0 Å². The second kappa shape index (κ2) is 5.42. The summed E-state index contributed by atoms with van der Waals surface area (Å²) in [5.74, 6) is -1.50. The molecule has 0 fully saturated rings. The zero-order valence-electron chi connectivity index (χ0n) is 11.4. The summed E-state index contributed by atoms with van der Waals surface area (Å²) >= 11 is 0. The van der Waals surface area contributed by atoms with E-state index in [2.05, 4.69) is 0 Å². The molecular formula is C15H13F5N+. The van der Waals surface area contributed by atoms with Gasteiger partial charge in [0.15, 0.2) is 12.7 Å². The highest BCUT2D eigenvalue weighted by atomic mass is 19.4. The van der Waals surface area contributed by atoms with Gasteiger partial charge in [-0.1, -0.05) is 13.8 Å². The first-order valence-corrected chi connectivity index (χ1v) is 6.45. The molecule has 0 saturated carbocycles.